The first kappa shape index (κ1) is 26.6. The molecule has 5 rings (SSSR count). The van der Waals surface area contributed by atoms with Crippen LogP contribution in [0.3, 0.4) is 0 Å². The van der Waals surface area contributed by atoms with E-state index in [0.717, 1.165) is 37.4 Å². The fourth-order valence-corrected chi connectivity index (χ4v) is 7.91. The number of anilines is 1. The number of hydrogen-bond donors (Lipinski definition) is 1. The fraction of sp³-hybridized carbons (Fsp3) is 0.667. The molecular weight excluding hydrogens is 484 g/mol. The molecule has 4 atom stereocenters. The number of carbonyl (C=O) groups excluding carboxylic acids is 1. The zero-order valence-electron chi connectivity index (χ0n) is 22.3. The predicted molar refractivity (Wildman–Crippen MR) is 149 cm³/mol. The summed E-state index contributed by atoms with van der Waals surface area (Å²) in [5.74, 6) is 2.51. The van der Waals surface area contributed by atoms with Gasteiger partial charge in [0.15, 0.2) is 5.78 Å². The van der Waals surface area contributed by atoms with Crippen LogP contribution in [0.25, 0.3) is 0 Å². The van der Waals surface area contributed by atoms with Crippen molar-refractivity contribution in [3.63, 3.8) is 0 Å². The number of allylic oxidation sites excluding steroid dienone is 2. The van der Waals surface area contributed by atoms with Gasteiger partial charge in [0, 0.05) is 31.5 Å². The Morgan fingerprint density at radius 1 is 1.24 bits per heavy atom. The number of rotatable bonds is 11. The van der Waals surface area contributed by atoms with E-state index in [0.29, 0.717) is 36.4 Å². The second kappa shape index (κ2) is 11.8. The fourth-order valence-electron chi connectivity index (χ4n) is 6.10. The second-order valence-electron chi connectivity index (χ2n) is 11.6. The van der Waals surface area contributed by atoms with Gasteiger partial charge >= 0.3 is 0 Å². The molecule has 0 aromatic carbocycles. The Kier molecular flexibility index (Phi) is 8.50. The number of Topliss-reactive ketones (excluding diaryl/α,β-unsaturated/α-hetero) is 1. The highest BCUT2D eigenvalue weighted by molar-refractivity contribution is 8.00. The molecule has 2 saturated heterocycles. The zero-order chi connectivity index (χ0) is 25.8. The molecule has 0 spiro atoms. The molecule has 37 heavy (non-hydrogen) atoms. The standard InChI is InChI=1S/C30H42N2O4S/c1-21(2)17-24(19-33)30(27-7-3-6-15-35-27)18-23(12-16-37-30)28(34)25-10-11-26(32-13-4-5-14-32)29(31-25)36-20-22-8-9-22/h3,6-7,10-11,15,21-24,27,33H,4-5,8-9,12-14,16-20H2,1-2H3/t23?,24-,27?,30?/m0/s1. The highest BCUT2D eigenvalue weighted by Crippen LogP contribution is 2.51. The van der Waals surface area contributed by atoms with Crippen molar-refractivity contribution in [2.45, 2.75) is 69.6 Å². The molecule has 1 saturated carbocycles. The molecule has 4 aliphatic rings. The van der Waals surface area contributed by atoms with Crippen LogP contribution in [0.15, 0.2) is 36.6 Å². The van der Waals surface area contributed by atoms with Crippen LogP contribution in [0.5, 0.6) is 5.88 Å². The molecule has 1 N–H and O–H groups in total. The Hall–Kier alpha value is -1.99. The van der Waals surface area contributed by atoms with Gasteiger partial charge in [0.05, 0.1) is 23.3 Å². The number of ether oxygens (including phenoxy) is 2. The van der Waals surface area contributed by atoms with Crippen molar-refractivity contribution in [3.05, 3.63) is 42.3 Å². The average molecular weight is 527 g/mol. The van der Waals surface area contributed by atoms with Gasteiger partial charge in [-0.2, -0.15) is 11.8 Å². The van der Waals surface area contributed by atoms with Gasteiger partial charge < -0.3 is 19.5 Å². The van der Waals surface area contributed by atoms with Crippen LogP contribution in [0, 0.1) is 23.7 Å². The van der Waals surface area contributed by atoms with Crippen LogP contribution in [0.2, 0.25) is 0 Å². The Bertz CT molecular complexity index is 1000. The summed E-state index contributed by atoms with van der Waals surface area (Å²) in [5.41, 5.74) is 1.53. The average Bonchev–Trinajstić information content (AvgIpc) is 3.61. The summed E-state index contributed by atoms with van der Waals surface area (Å²) in [5, 5.41) is 10.5. The van der Waals surface area contributed by atoms with Crippen molar-refractivity contribution in [3.8, 4) is 5.88 Å². The molecular formula is C30H42N2O4S. The molecule has 3 fully saturated rings. The summed E-state index contributed by atoms with van der Waals surface area (Å²) in [7, 11) is 0. The summed E-state index contributed by atoms with van der Waals surface area (Å²) in [4.78, 5) is 21.1. The van der Waals surface area contributed by atoms with Crippen LogP contribution < -0.4 is 9.64 Å². The Balaban J connectivity index is 1.40. The van der Waals surface area contributed by atoms with Crippen molar-refractivity contribution in [2.75, 3.05) is 37.0 Å². The number of aliphatic hydroxyl groups is 1. The molecule has 1 aromatic rings. The highest BCUT2D eigenvalue weighted by Gasteiger charge is 2.51. The normalized spacial score (nSPS) is 28.4. The number of aromatic nitrogens is 1. The van der Waals surface area contributed by atoms with Crippen LogP contribution in [0.1, 0.15) is 69.3 Å². The first-order valence-electron chi connectivity index (χ1n) is 14.2. The second-order valence-corrected chi connectivity index (χ2v) is 13.1. The van der Waals surface area contributed by atoms with Crippen molar-refractivity contribution in [1.82, 2.24) is 4.98 Å². The highest BCUT2D eigenvalue weighted by atomic mass is 32.2. The van der Waals surface area contributed by atoms with Gasteiger partial charge in [0.25, 0.3) is 0 Å². The number of ketones is 1. The maximum Gasteiger partial charge on any atom is 0.238 e. The molecule has 3 unspecified atom stereocenters. The van der Waals surface area contributed by atoms with Gasteiger partial charge in [-0.25, -0.2) is 4.98 Å². The van der Waals surface area contributed by atoms with E-state index in [2.05, 4.69) is 24.8 Å². The maximum atomic E-state index is 14.0. The Labute approximate surface area is 225 Å². The SMILES string of the molecule is CC(C)C[C@@H](CO)C1(C2C=CC=CO2)CC(C(=O)c2ccc(N3CCCC3)c(OCC3CC3)n2)CCS1. The van der Waals surface area contributed by atoms with Gasteiger partial charge in [-0.15, -0.1) is 0 Å². The van der Waals surface area contributed by atoms with E-state index in [1.807, 2.05) is 36.0 Å². The van der Waals surface area contributed by atoms with Crippen molar-refractivity contribution in [2.24, 2.45) is 23.7 Å². The van der Waals surface area contributed by atoms with Gasteiger partial charge in [-0.05, 0) is 86.8 Å². The van der Waals surface area contributed by atoms with E-state index in [1.54, 1.807) is 6.26 Å². The van der Waals surface area contributed by atoms with Gasteiger partial charge in [-0.1, -0.05) is 19.9 Å². The Morgan fingerprint density at radius 3 is 2.73 bits per heavy atom. The lowest BCUT2D eigenvalue weighted by Crippen LogP contribution is -2.52. The predicted octanol–water partition coefficient (Wildman–Crippen LogP) is 5.66. The van der Waals surface area contributed by atoms with Crippen LogP contribution in [0.4, 0.5) is 5.69 Å². The zero-order valence-corrected chi connectivity index (χ0v) is 23.1. The number of nitrogens with zero attached hydrogens (tertiary/aromatic N) is 2. The molecule has 6 nitrogen and oxygen atoms in total. The smallest absolute Gasteiger partial charge is 0.238 e. The third kappa shape index (κ3) is 6.03. The number of carbonyl (C=O) groups is 1. The van der Waals surface area contributed by atoms with Crippen molar-refractivity contribution < 1.29 is 19.4 Å². The van der Waals surface area contributed by atoms with E-state index in [4.69, 9.17) is 14.5 Å². The lowest BCUT2D eigenvalue weighted by molar-refractivity contribution is 0.0550. The topological polar surface area (TPSA) is 71.9 Å². The summed E-state index contributed by atoms with van der Waals surface area (Å²) in [6.07, 6.45) is 14.8. The van der Waals surface area contributed by atoms with Crippen molar-refractivity contribution in [1.29, 1.82) is 0 Å². The molecule has 0 radical (unpaired) electrons. The third-order valence-corrected chi connectivity index (χ3v) is 10.0. The minimum absolute atomic E-state index is 0.0391. The van der Waals surface area contributed by atoms with Gasteiger partial charge in [-0.3, -0.25) is 4.79 Å². The molecule has 202 valence electrons. The summed E-state index contributed by atoms with van der Waals surface area (Å²) in [6, 6.07) is 3.95. The van der Waals surface area contributed by atoms with Gasteiger partial charge in [0.2, 0.25) is 5.88 Å². The summed E-state index contributed by atoms with van der Waals surface area (Å²) in [6.45, 7) is 7.18. The maximum absolute atomic E-state index is 14.0. The summed E-state index contributed by atoms with van der Waals surface area (Å²) < 4.78 is 12.0. The molecule has 4 heterocycles. The lowest BCUT2D eigenvalue weighted by Gasteiger charge is -2.48. The van der Waals surface area contributed by atoms with E-state index >= 15 is 0 Å². The lowest BCUT2D eigenvalue weighted by atomic mass is 9.74. The molecule has 1 aliphatic carbocycles. The van der Waals surface area contributed by atoms with E-state index in [-0.39, 0.29) is 35.1 Å². The number of hydrogen-bond acceptors (Lipinski definition) is 7. The van der Waals surface area contributed by atoms with E-state index < -0.39 is 0 Å². The van der Waals surface area contributed by atoms with Gasteiger partial charge in [0.1, 0.15) is 11.8 Å². The van der Waals surface area contributed by atoms with Crippen molar-refractivity contribution >= 4 is 23.2 Å². The number of aliphatic hydroxyl groups excluding tert-OH is 1. The van der Waals surface area contributed by atoms with Crippen LogP contribution >= 0.6 is 11.8 Å². The first-order chi connectivity index (χ1) is 18.0. The molecule has 0 bridgehead atoms. The third-order valence-electron chi connectivity index (χ3n) is 8.32. The molecule has 1 aromatic heterocycles. The summed E-state index contributed by atoms with van der Waals surface area (Å²) >= 11 is 1.87. The minimum Gasteiger partial charge on any atom is -0.492 e. The minimum atomic E-state index is -0.361. The van der Waals surface area contributed by atoms with E-state index in [9.17, 15) is 9.90 Å². The molecule has 0 amide bonds. The first-order valence-corrected chi connectivity index (χ1v) is 15.2. The van der Waals surface area contributed by atoms with Crippen LogP contribution in [-0.2, 0) is 4.74 Å². The monoisotopic (exact) mass is 526 g/mol. The largest absolute Gasteiger partial charge is 0.492 e. The number of pyridine rings is 1. The Morgan fingerprint density at radius 2 is 2.05 bits per heavy atom. The molecule has 7 heteroatoms. The molecule has 3 aliphatic heterocycles. The number of thioether (sulfide) groups is 1. The van der Waals surface area contributed by atoms with E-state index in [1.165, 1.54) is 25.7 Å². The quantitative estimate of drug-likeness (QED) is 0.373. The van der Waals surface area contributed by atoms with Crippen LogP contribution in [-0.4, -0.2) is 58.8 Å².